The summed E-state index contributed by atoms with van der Waals surface area (Å²) in [4.78, 5) is 0. The zero-order chi connectivity index (χ0) is 18.3. The van der Waals surface area contributed by atoms with E-state index in [1.165, 1.54) is 62.7 Å². The number of hydrogen-bond acceptors (Lipinski definition) is 2. The highest BCUT2D eigenvalue weighted by Crippen LogP contribution is 2.61. The van der Waals surface area contributed by atoms with Gasteiger partial charge in [-0.2, -0.15) is 11.8 Å². The first kappa shape index (κ1) is 18.7. The quantitative estimate of drug-likeness (QED) is 0.647. The molecule has 1 aromatic carbocycles. The highest BCUT2D eigenvalue weighted by molar-refractivity contribution is 7.98. The minimum atomic E-state index is 0.528. The van der Waals surface area contributed by atoms with Crippen LogP contribution in [-0.2, 0) is 12.8 Å². The SMILES string of the molecule is CCc1cc2c(cc1O)CCC1C2CC[C@]2(C)C(CSC)CCCCC12. The average Bonchev–Trinajstić information content (AvgIpc) is 2.80. The summed E-state index contributed by atoms with van der Waals surface area (Å²) in [6.07, 6.45) is 14.3. The second-order valence-corrected chi connectivity index (χ2v) is 10.3. The fraction of sp³-hybridized carbons (Fsp3) is 0.750. The van der Waals surface area contributed by atoms with E-state index >= 15 is 0 Å². The Morgan fingerprint density at radius 1 is 1.15 bits per heavy atom. The second kappa shape index (κ2) is 7.41. The maximum absolute atomic E-state index is 10.3. The summed E-state index contributed by atoms with van der Waals surface area (Å²) in [6, 6.07) is 4.47. The van der Waals surface area contributed by atoms with Gasteiger partial charge in [-0.1, -0.05) is 32.8 Å². The highest BCUT2D eigenvalue weighted by Gasteiger charge is 2.51. The normalized spacial score (nSPS) is 36.6. The molecule has 0 radical (unpaired) electrons. The lowest BCUT2D eigenvalue weighted by molar-refractivity contribution is -0.00686. The number of aryl methyl sites for hydroxylation is 2. The number of phenolic OH excluding ortho intramolecular Hbond substituents is 1. The molecule has 3 aliphatic rings. The molecule has 1 aromatic rings. The molecule has 1 N–H and O–H groups in total. The molecular formula is C24H36OS. The van der Waals surface area contributed by atoms with Gasteiger partial charge in [0.05, 0.1) is 0 Å². The minimum Gasteiger partial charge on any atom is -0.508 e. The van der Waals surface area contributed by atoms with Crippen molar-refractivity contribution in [2.24, 2.45) is 23.2 Å². The van der Waals surface area contributed by atoms with Crippen molar-refractivity contribution >= 4 is 11.8 Å². The van der Waals surface area contributed by atoms with Crippen molar-refractivity contribution in [2.45, 2.75) is 77.6 Å². The molecule has 3 aliphatic carbocycles. The van der Waals surface area contributed by atoms with Gasteiger partial charge in [-0.05, 0) is 109 Å². The molecule has 26 heavy (non-hydrogen) atoms. The molecule has 0 saturated heterocycles. The van der Waals surface area contributed by atoms with Crippen molar-refractivity contribution in [1.82, 2.24) is 0 Å². The van der Waals surface area contributed by atoms with E-state index < -0.39 is 0 Å². The van der Waals surface area contributed by atoms with Crippen molar-refractivity contribution in [1.29, 1.82) is 0 Å². The number of aromatic hydroxyl groups is 1. The summed E-state index contributed by atoms with van der Waals surface area (Å²) in [5.41, 5.74) is 4.75. The maximum Gasteiger partial charge on any atom is 0.119 e. The van der Waals surface area contributed by atoms with Crippen LogP contribution in [0.25, 0.3) is 0 Å². The van der Waals surface area contributed by atoms with Crippen LogP contribution in [0.15, 0.2) is 12.1 Å². The molecule has 144 valence electrons. The van der Waals surface area contributed by atoms with Crippen molar-refractivity contribution < 1.29 is 5.11 Å². The number of hydrogen-bond donors (Lipinski definition) is 1. The molecular weight excluding hydrogens is 336 g/mol. The van der Waals surface area contributed by atoms with E-state index in [9.17, 15) is 5.11 Å². The number of benzene rings is 1. The summed E-state index contributed by atoms with van der Waals surface area (Å²) in [5, 5.41) is 10.3. The molecule has 4 rings (SSSR count). The van der Waals surface area contributed by atoms with Crippen LogP contribution in [0.3, 0.4) is 0 Å². The number of thioether (sulfide) groups is 1. The highest BCUT2D eigenvalue weighted by atomic mass is 32.2. The van der Waals surface area contributed by atoms with Gasteiger partial charge in [0.1, 0.15) is 5.75 Å². The molecule has 5 atom stereocenters. The van der Waals surface area contributed by atoms with Gasteiger partial charge in [0.15, 0.2) is 0 Å². The third-order valence-electron chi connectivity index (χ3n) is 8.36. The Labute approximate surface area is 164 Å². The van der Waals surface area contributed by atoms with Crippen LogP contribution in [0.5, 0.6) is 5.75 Å². The molecule has 2 heteroatoms. The summed E-state index contributed by atoms with van der Waals surface area (Å²) in [5.74, 6) is 5.33. The van der Waals surface area contributed by atoms with Crippen LogP contribution in [0, 0.1) is 23.2 Å². The van der Waals surface area contributed by atoms with Crippen molar-refractivity contribution in [3.05, 3.63) is 28.8 Å². The lowest BCUT2D eigenvalue weighted by Crippen LogP contribution is -2.46. The van der Waals surface area contributed by atoms with Gasteiger partial charge in [0.25, 0.3) is 0 Å². The third-order valence-corrected chi connectivity index (χ3v) is 9.10. The Morgan fingerprint density at radius 3 is 2.73 bits per heavy atom. The number of phenols is 1. The van der Waals surface area contributed by atoms with E-state index in [1.54, 1.807) is 5.56 Å². The zero-order valence-corrected chi connectivity index (χ0v) is 17.7. The topological polar surface area (TPSA) is 20.2 Å². The summed E-state index contributed by atoms with van der Waals surface area (Å²) >= 11 is 2.07. The monoisotopic (exact) mass is 372 g/mol. The summed E-state index contributed by atoms with van der Waals surface area (Å²) in [7, 11) is 0. The lowest BCUT2D eigenvalue weighted by Gasteiger charge is -2.54. The first-order chi connectivity index (χ1) is 12.6. The lowest BCUT2D eigenvalue weighted by atomic mass is 9.51. The van der Waals surface area contributed by atoms with Crippen LogP contribution in [-0.4, -0.2) is 17.1 Å². The van der Waals surface area contributed by atoms with Gasteiger partial charge in [0.2, 0.25) is 0 Å². The molecule has 2 saturated carbocycles. The molecule has 0 heterocycles. The van der Waals surface area contributed by atoms with Crippen LogP contribution in [0.4, 0.5) is 0 Å². The van der Waals surface area contributed by atoms with E-state index in [0.29, 0.717) is 11.2 Å². The first-order valence-corrected chi connectivity index (χ1v) is 12.3. The Morgan fingerprint density at radius 2 is 1.96 bits per heavy atom. The Balaban J connectivity index is 1.69. The van der Waals surface area contributed by atoms with Crippen molar-refractivity contribution in [3.63, 3.8) is 0 Å². The van der Waals surface area contributed by atoms with E-state index in [4.69, 9.17) is 0 Å². The van der Waals surface area contributed by atoms with Crippen LogP contribution < -0.4 is 0 Å². The smallest absolute Gasteiger partial charge is 0.119 e. The first-order valence-electron chi connectivity index (χ1n) is 10.9. The molecule has 1 nitrogen and oxygen atoms in total. The summed E-state index contributed by atoms with van der Waals surface area (Å²) < 4.78 is 0. The van der Waals surface area contributed by atoms with Crippen LogP contribution >= 0.6 is 11.8 Å². The third kappa shape index (κ3) is 3.01. The van der Waals surface area contributed by atoms with Gasteiger partial charge in [-0.25, -0.2) is 0 Å². The zero-order valence-electron chi connectivity index (χ0n) is 16.9. The molecule has 0 aromatic heterocycles. The molecule has 0 bridgehead atoms. The van der Waals surface area contributed by atoms with Crippen LogP contribution in [0.2, 0.25) is 0 Å². The molecule has 0 aliphatic heterocycles. The van der Waals surface area contributed by atoms with Gasteiger partial charge in [-0.15, -0.1) is 0 Å². The van der Waals surface area contributed by atoms with Crippen LogP contribution in [0.1, 0.15) is 81.4 Å². The fourth-order valence-electron chi connectivity index (χ4n) is 6.90. The minimum absolute atomic E-state index is 0.528. The fourth-order valence-corrected chi connectivity index (χ4v) is 7.85. The standard InChI is InChI=1S/C24H36OS/c1-4-16-13-21-17(14-23(16)25)9-10-20-19(21)11-12-24(2)18(15-26-3)7-5-6-8-22(20)24/h13-14,18-20,22,25H,4-12,15H2,1-3H3/t18?,19?,20?,22?,24-/m1/s1. The van der Waals surface area contributed by atoms with Gasteiger partial charge >= 0.3 is 0 Å². The van der Waals surface area contributed by atoms with E-state index in [-0.39, 0.29) is 0 Å². The average molecular weight is 373 g/mol. The molecule has 0 amide bonds. The Hall–Kier alpha value is -0.630. The van der Waals surface area contributed by atoms with Gasteiger partial charge in [-0.3, -0.25) is 0 Å². The molecule has 2 fully saturated rings. The van der Waals surface area contributed by atoms with E-state index in [2.05, 4.69) is 44.0 Å². The maximum atomic E-state index is 10.3. The van der Waals surface area contributed by atoms with E-state index in [1.807, 2.05) is 0 Å². The molecule has 4 unspecified atom stereocenters. The predicted molar refractivity (Wildman–Crippen MR) is 113 cm³/mol. The number of fused-ring (bicyclic) bond motifs is 5. The largest absolute Gasteiger partial charge is 0.508 e. The van der Waals surface area contributed by atoms with Crippen molar-refractivity contribution in [3.8, 4) is 5.75 Å². The second-order valence-electron chi connectivity index (χ2n) is 9.43. The Bertz CT molecular complexity index is 654. The molecule has 0 spiro atoms. The van der Waals surface area contributed by atoms with Gasteiger partial charge < -0.3 is 5.11 Å². The van der Waals surface area contributed by atoms with Crippen molar-refractivity contribution in [2.75, 3.05) is 12.0 Å². The number of rotatable bonds is 3. The van der Waals surface area contributed by atoms with E-state index in [0.717, 1.165) is 35.7 Å². The summed E-state index contributed by atoms with van der Waals surface area (Å²) in [6.45, 7) is 4.82. The Kier molecular flexibility index (Phi) is 5.34. The predicted octanol–water partition coefficient (Wildman–Crippen LogP) is 6.57. The van der Waals surface area contributed by atoms with Gasteiger partial charge in [0, 0.05) is 0 Å².